The number of aromatic amines is 1. The van der Waals surface area contributed by atoms with E-state index in [1.54, 1.807) is 24.3 Å². The van der Waals surface area contributed by atoms with Crippen LogP contribution >= 0.6 is 15.9 Å². The Morgan fingerprint density at radius 2 is 2.05 bits per heavy atom. The summed E-state index contributed by atoms with van der Waals surface area (Å²) in [5.41, 5.74) is 1.63. The van der Waals surface area contributed by atoms with Gasteiger partial charge in [-0.05, 0) is 24.3 Å². The highest BCUT2D eigenvalue weighted by Gasteiger charge is 2.11. The molecule has 0 fully saturated rings. The van der Waals surface area contributed by atoms with E-state index < -0.39 is 0 Å². The molecule has 0 atom stereocenters. The van der Waals surface area contributed by atoms with Crippen LogP contribution in [0.15, 0.2) is 34.8 Å². The van der Waals surface area contributed by atoms with E-state index in [0.29, 0.717) is 27.4 Å². The number of fused-ring (bicyclic) bond motifs is 1. The van der Waals surface area contributed by atoms with Crippen molar-refractivity contribution in [1.82, 2.24) is 15.0 Å². The van der Waals surface area contributed by atoms with E-state index in [9.17, 15) is 4.39 Å². The standard InChI is InChI=1S/C13H9BrFN3O/c1-19-11-5-4-10-13(17-11)18-12(16-10)8-3-2-7(14)6-9(8)15/h2-6H,1H3,(H,16,17,18). The van der Waals surface area contributed by atoms with Crippen molar-refractivity contribution in [2.24, 2.45) is 0 Å². The molecule has 3 aromatic rings. The second-order valence-corrected chi connectivity index (χ2v) is 4.85. The van der Waals surface area contributed by atoms with Crippen LogP contribution < -0.4 is 4.74 Å². The first-order chi connectivity index (χ1) is 9.17. The van der Waals surface area contributed by atoms with Crippen molar-refractivity contribution >= 4 is 27.1 Å². The van der Waals surface area contributed by atoms with Crippen LogP contribution in [0.25, 0.3) is 22.6 Å². The van der Waals surface area contributed by atoms with Crippen molar-refractivity contribution in [2.45, 2.75) is 0 Å². The maximum absolute atomic E-state index is 13.9. The van der Waals surface area contributed by atoms with Crippen LogP contribution in [-0.4, -0.2) is 22.1 Å². The van der Waals surface area contributed by atoms with Gasteiger partial charge in [-0.1, -0.05) is 15.9 Å². The summed E-state index contributed by atoms with van der Waals surface area (Å²) in [6, 6.07) is 8.35. The molecule has 1 N–H and O–H groups in total. The van der Waals surface area contributed by atoms with Crippen molar-refractivity contribution in [3.63, 3.8) is 0 Å². The van der Waals surface area contributed by atoms with E-state index in [2.05, 4.69) is 30.9 Å². The number of benzene rings is 1. The molecule has 19 heavy (non-hydrogen) atoms. The lowest BCUT2D eigenvalue weighted by molar-refractivity contribution is 0.399. The normalized spacial score (nSPS) is 10.9. The third-order valence-corrected chi connectivity index (χ3v) is 3.21. The minimum Gasteiger partial charge on any atom is -0.481 e. The first-order valence-corrected chi connectivity index (χ1v) is 6.33. The Labute approximate surface area is 116 Å². The molecule has 2 aromatic heterocycles. The molecule has 0 unspecified atom stereocenters. The highest BCUT2D eigenvalue weighted by atomic mass is 79.9. The van der Waals surface area contributed by atoms with Crippen molar-refractivity contribution in [2.75, 3.05) is 7.11 Å². The Kier molecular flexibility index (Phi) is 2.94. The van der Waals surface area contributed by atoms with Gasteiger partial charge < -0.3 is 9.72 Å². The second kappa shape index (κ2) is 4.62. The third-order valence-electron chi connectivity index (χ3n) is 2.72. The maximum Gasteiger partial charge on any atom is 0.215 e. The number of rotatable bonds is 2. The van der Waals surface area contributed by atoms with Gasteiger partial charge in [-0.25, -0.2) is 9.37 Å². The summed E-state index contributed by atoms with van der Waals surface area (Å²) in [7, 11) is 1.54. The zero-order valence-electron chi connectivity index (χ0n) is 9.95. The number of H-pyrrole nitrogens is 1. The fourth-order valence-electron chi connectivity index (χ4n) is 1.80. The van der Waals surface area contributed by atoms with Crippen molar-refractivity contribution in [3.05, 3.63) is 40.6 Å². The Morgan fingerprint density at radius 1 is 1.21 bits per heavy atom. The first-order valence-electron chi connectivity index (χ1n) is 5.53. The van der Waals surface area contributed by atoms with Crippen LogP contribution in [0.2, 0.25) is 0 Å². The van der Waals surface area contributed by atoms with Gasteiger partial charge in [0.2, 0.25) is 5.88 Å². The maximum atomic E-state index is 13.9. The van der Waals surface area contributed by atoms with E-state index >= 15 is 0 Å². The van der Waals surface area contributed by atoms with E-state index in [-0.39, 0.29) is 5.82 Å². The average Bonchev–Trinajstić information content (AvgIpc) is 2.80. The number of hydrogen-bond donors (Lipinski definition) is 1. The highest BCUT2D eigenvalue weighted by molar-refractivity contribution is 9.10. The lowest BCUT2D eigenvalue weighted by atomic mass is 10.2. The number of nitrogens with zero attached hydrogens (tertiary/aromatic N) is 2. The molecule has 0 radical (unpaired) electrons. The lowest BCUT2D eigenvalue weighted by Gasteiger charge is -1.99. The minimum atomic E-state index is -0.347. The van der Waals surface area contributed by atoms with Crippen LogP contribution in [0.1, 0.15) is 0 Å². The smallest absolute Gasteiger partial charge is 0.215 e. The van der Waals surface area contributed by atoms with Crippen LogP contribution in [0, 0.1) is 5.82 Å². The molecular weight excluding hydrogens is 313 g/mol. The molecule has 0 aliphatic carbocycles. The number of hydrogen-bond acceptors (Lipinski definition) is 3. The molecule has 2 heterocycles. The molecule has 0 aliphatic rings. The number of aromatic nitrogens is 3. The van der Waals surface area contributed by atoms with Gasteiger partial charge in [-0.3, -0.25) is 0 Å². The molecule has 0 bridgehead atoms. The topological polar surface area (TPSA) is 50.8 Å². The summed E-state index contributed by atoms with van der Waals surface area (Å²) in [5.74, 6) is 0.572. The summed E-state index contributed by atoms with van der Waals surface area (Å²) in [5, 5.41) is 0. The number of imidazole rings is 1. The Hall–Kier alpha value is -1.95. The predicted octanol–water partition coefficient (Wildman–Crippen LogP) is 3.54. The van der Waals surface area contributed by atoms with Gasteiger partial charge in [0.05, 0.1) is 18.2 Å². The average molecular weight is 322 g/mol. The van der Waals surface area contributed by atoms with Gasteiger partial charge in [-0.15, -0.1) is 0 Å². The summed E-state index contributed by atoms with van der Waals surface area (Å²) in [4.78, 5) is 11.5. The van der Waals surface area contributed by atoms with E-state index in [1.807, 2.05) is 0 Å². The van der Waals surface area contributed by atoms with E-state index in [1.165, 1.54) is 13.2 Å². The van der Waals surface area contributed by atoms with Crippen molar-refractivity contribution in [3.8, 4) is 17.3 Å². The van der Waals surface area contributed by atoms with Gasteiger partial charge in [0, 0.05) is 10.5 Å². The Morgan fingerprint density at radius 3 is 2.79 bits per heavy atom. The highest BCUT2D eigenvalue weighted by Crippen LogP contribution is 2.25. The Bertz CT molecular complexity index is 757. The van der Waals surface area contributed by atoms with Gasteiger partial charge in [-0.2, -0.15) is 4.98 Å². The van der Waals surface area contributed by atoms with Crippen LogP contribution in [0.4, 0.5) is 4.39 Å². The SMILES string of the molecule is COc1ccc2[nH]c(-c3ccc(Br)cc3F)nc2n1. The van der Waals surface area contributed by atoms with Crippen molar-refractivity contribution < 1.29 is 9.13 Å². The third kappa shape index (κ3) is 2.19. The van der Waals surface area contributed by atoms with E-state index in [4.69, 9.17) is 4.74 Å². The summed E-state index contributed by atoms with van der Waals surface area (Å²) < 4.78 is 19.6. The fraction of sp³-hybridized carbons (Fsp3) is 0.0769. The molecule has 0 saturated heterocycles. The minimum absolute atomic E-state index is 0.347. The second-order valence-electron chi connectivity index (χ2n) is 3.93. The molecule has 0 amide bonds. The quantitative estimate of drug-likeness (QED) is 0.785. The molecule has 0 aliphatic heterocycles. The summed E-state index contributed by atoms with van der Waals surface area (Å²) >= 11 is 3.22. The molecule has 96 valence electrons. The molecule has 0 saturated carbocycles. The monoisotopic (exact) mass is 321 g/mol. The summed E-state index contributed by atoms with van der Waals surface area (Å²) in [6.07, 6.45) is 0. The van der Waals surface area contributed by atoms with Gasteiger partial charge in [0.1, 0.15) is 11.6 Å². The molecule has 1 aromatic carbocycles. The van der Waals surface area contributed by atoms with Crippen LogP contribution in [-0.2, 0) is 0 Å². The van der Waals surface area contributed by atoms with Crippen molar-refractivity contribution in [1.29, 1.82) is 0 Å². The molecule has 4 nitrogen and oxygen atoms in total. The molecule has 0 spiro atoms. The number of pyridine rings is 1. The largest absolute Gasteiger partial charge is 0.481 e. The van der Waals surface area contributed by atoms with Gasteiger partial charge >= 0.3 is 0 Å². The zero-order valence-corrected chi connectivity index (χ0v) is 11.5. The summed E-state index contributed by atoms with van der Waals surface area (Å²) in [6.45, 7) is 0. The van der Waals surface area contributed by atoms with Crippen LogP contribution in [0.3, 0.4) is 0 Å². The Balaban J connectivity index is 2.14. The number of ether oxygens (including phenoxy) is 1. The number of methoxy groups -OCH3 is 1. The molecular formula is C13H9BrFN3O. The van der Waals surface area contributed by atoms with Gasteiger partial charge in [0.25, 0.3) is 0 Å². The molecule has 6 heteroatoms. The van der Waals surface area contributed by atoms with Crippen LogP contribution in [0.5, 0.6) is 5.88 Å². The number of halogens is 2. The predicted molar refractivity (Wildman–Crippen MR) is 73.5 cm³/mol. The first kappa shape index (κ1) is 12.1. The zero-order chi connectivity index (χ0) is 13.4. The fourth-order valence-corrected chi connectivity index (χ4v) is 2.13. The van der Waals surface area contributed by atoms with Gasteiger partial charge in [0.15, 0.2) is 5.65 Å². The molecule has 3 rings (SSSR count). The lowest BCUT2D eigenvalue weighted by Crippen LogP contribution is -1.87. The van der Waals surface area contributed by atoms with E-state index in [0.717, 1.165) is 5.52 Å². The number of nitrogens with one attached hydrogen (secondary N) is 1.